The van der Waals surface area contributed by atoms with Crippen molar-refractivity contribution in [3.05, 3.63) is 23.8 Å². The Bertz CT molecular complexity index is 528. The lowest BCUT2D eigenvalue weighted by atomic mass is 10.1. The molecule has 1 aliphatic heterocycles. The summed E-state index contributed by atoms with van der Waals surface area (Å²) in [6.07, 6.45) is 0. The molecule has 18 heavy (non-hydrogen) atoms. The van der Waals surface area contributed by atoms with Gasteiger partial charge in [-0.2, -0.15) is 0 Å². The van der Waals surface area contributed by atoms with Crippen LogP contribution in [-0.4, -0.2) is 52.7 Å². The lowest BCUT2D eigenvalue weighted by molar-refractivity contribution is -0.0311. The van der Waals surface area contributed by atoms with Crippen LogP contribution >= 0.6 is 0 Å². The van der Waals surface area contributed by atoms with Crippen molar-refractivity contribution in [1.29, 1.82) is 0 Å². The number of hydrogen-bond donors (Lipinski definition) is 1. The lowest BCUT2D eigenvalue weighted by Gasteiger charge is -2.34. The van der Waals surface area contributed by atoms with Gasteiger partial charge in [-0.05, 0) is 21.9 Å². The number of nitrogens with zero attached hydrogens (tertiary/aromatic N) is 3. The third kappa shape index (κ3) is 2.10. The van der Waals surface area contributed by atoms with E-state index < -0.39 is 0 Å². The third-order valence-corrected chi connectivity index (χ3v) is 3.30. The van der Waals surface area contributed by atoms with Gasteiger partial charge in [0, 0.05) is 13.1 Å². The molecule has 0 aliphatic carbocycles. The van der Waals surface area contributed by atoms with Crippen LogP contribution in [0.5, 0.6) is 0 Å². The molecule has 0 unspecified atom stereocenters. The van der Waals surface area contributed by atoms with Gasteiger partial charge < -0.3 is 9.84 Å². The van der Waals surface area contributed by atoms with E-state index in [0.29, 0.717) is 13.2 Å². The molecule has 1 atom stereocenters. The fourth-order valence-electron chi connectivity index (χ4n) is 2.27. The molecular formula is C12H15N3O3. The van der Waals surface area contributed by atoms with Crippen molar-refractivity contribution >= 4 is 11.0 Å². The first-order valence-electron chi connectivity index (χ1n) is 6.01. The number of fused-ring (bicyclic) bond motifs is 1. The molecule has 0 bridgehead atoms. The molecule has 3 rings (SSSR count). The zero-order valence-electron chi connectivity index (χ0n) is 9.95. The molecule has 1 aliphatic rings. The summed E-state index contributed by atoms with van der Waals surface area (Å²) in [5, 5.41) is 17.1. The number of morpholine rings is 1. The van der Waals surface area contributed by atoms with Gasteiger partial charge in [-0.3, -0.25) is 4.90 Å². The number of hydrogen-bond acceptors (Lipinski definition) is 6. The summed E-state index contributed by atoms with van der Waals surface area (Å²) < 4.78 is 10.1. The molecule has 1 fully saturated rings. The predicted molar refractivity (Wildman–Crippen MR) is 63.9 cm³/mol. The second-order valence-corrected chi connectivity index (χ2v) is 4.43. The van der Waals surface area contributed by atoms with Crippen LogP contribution in [0.4, 0.5) is 0 Å². The van der Waals surface area contributed by atoms with E-state index in [9.17, 15) is 5.11 Å². The molecule has 2 aromatic rings. The minimum Gasteiger partial charge on any atom is -0.395 e. The van der Waals surface area contributed by atoms with E-state index in [4.69, 9.17) is 9.37 Å². The number of aliphatic hydroxyl groups excluding tert-OH is 1. The van der Waals surface area contributed by atoms with Crippen LogP contribution in [0, 0.1) is 0 Å². The Morgan fingerprint density at radius 2 is 2.33 bits per heavy atom. The Labute approximate surface area is 104 Å². The van der Waals surface area contributed by atoms with E-state index in [2.05, 4.69) is 15.2 Å². The highest BCUT2D eigenvalue weighted by atomic mass is 16.6. The topological polar surface area (TPSA) is 71.6 Å². The molecule has 6 heteroatoms. The van der Waals surface area contributed by atoms with Crippen LogP contribution in [0.3, 0.4) is 0 Å². The number of aromatic nitrogens is 2. The fourth-order valence-corrected chi connectivity index (χ4v) is 2.27. The van der Waals surface area contributed by atoms with Gasteiger partial charge in [0.15, 0.2) is 0 Å². The second kappa shape index (κ2) is 5.01. The first kappa shape index (κ1) is 11.6. The third-order valence-electron chi connectivity index (χ3n) is 3.30. The molecule has 1 aromatic heterocycles. The normalized spacial score (nSPS) is 21.5. The Hall–Kier alpha value is -1.50. The minimum absolute atomic E-state index is 0.0499. The molecule has 96 valence electrons. The summed E-state index contributed by atoms with van der Waals surface area (Å²) in [4.78, 5) is 2.20. The summed E-state index contributed by atoms with van der Waals surface area (Å²) in [6, 6.07) is 5.87. The van der Waals surface area contributed by atoms with Gasteiger partial charge in [0.1, 0.15) is 11.0 Å². The molecule has 0 amide bonds. The molecule has 0 saturated carbocycles. The summed E-state index contributed by atoms with van der Waals surface area (Å²) in [6.45, 7) is 2.91. The standard InChI is InChI=1S/C12H15N3O3/c16-7-10-8-17-5-4-15(10)6-9-2-1-3-11-12(9)14-18-13-11/h1-3,10,16H,4-8H2/t10-/m0/s1. The molecular weight excluding hydrogens is 234 g/mol. The summed E-state index contributed by atoms with van der Waals surface area (Å²) in [7, 11) is 0. The van der Waals surface area contributed by atoms with E-state index >= 15 is 0 Å². The quantitative estimate of drug-likeness (QED) is 0.849. The van der Waals surface area contributed by atoms with Crippen LogP contribution in [-0.2, 0) is 11.3 Å². The number of rotatable bonds is 3. The smallest absolute Gasteiger partial charge is 0.139 e. The summed E-state index contributed by atoms with van der Waals surface area (Å²) >= 11 is 0. The summed E-state index contributed by atoms with van der Waals surface area (Å²) in [5.41, 5.74) is 2.62. The van der Waals surface area contributed by atoms with Gasteiger partial charge in [0.2, 0.25) is 0 Å². The fraction of sp³-hybridized carbons (Fsp3) is 0.500. The highest BCUT2D eigenvalue weighted by molar-refractivity contribution is 5.76. The first-order valence-corrected chi connectivity index (χ1v) is 6.01. The van der Waals surface area contributed by atoms with Gasteiger partial charge in [-0.1, -0.05) is 12.1 Å². The van der Waals surface area contributed by atoms with Crippen LogP contribution in [0.1, 0.15) is 5.56 Å². The Morgan fingerprint density at radius 1 is 1.39 bits per heavy atom. The predicted octanol–water partition coefficient (Wildman–Crippen LogP) is 0.416. The zero-order valence-corrected chi connectivity index (χ0v) is 9.95. The van der Waals surface area contributed by atoms with Crippen molar-refractivity contribution in [2.45, 2.75) is 12.6 Å². The largest absolute Gasteiger partial charge is 0.395 e. The van der Waals surface area contributed by atoms with Crippen LogP contribution < -0.4 is 0 Å². The number of benzene rings is 1. The monoisotopic (exact) mass is 249 g/mol. The molecule has 0 radical (unpaired) electrons. The minimum atomic E-state index is 0.0499. The van der Waals surface area contributed by atoms with Crippen LogP contribution in [0.25, 0.3) is 11.0 Å². The Morgan fingerprint density at radius 3 is 3.22 bits per heavy atom. The van der Waals surface area contributed by atoms with Crippen molar-refractivity contribution in [1.82, 2.24) is 15.2 Å². The highest BCUT2D eigenvalue weighted by Crippen LogP contribution is 2.18. The van der Waals surface area contributed by atoms with Crippen molar-refractivity contribution in [2.24, 2.45) is 0 Å². The van der Waals surface area contributed by atoms with Gasteiger partial charge in [0.05, 0.1) is 25.9 Å². The van der Waals surface area contributed by atoms with Crippen LogP contribution in [0.2, 0.25) is 0 Å². The van der Waals surface area contributed by atoms with E-state index in [1.807, 2.05) is 18.2 Å². The van der Waals surface area contributed by atoms with Gasteiger partial charge in [-0.25, -0.2) is 4.63 Å². The zero-order chi connectivity index (χ0) is 12.4. The van der Waals surface area contributed by atoms with Crippen molar-refractivity contribution in [3.63, 3.8) is 0 Å². The van der Waals surface area contributed by atoms with E-state index in [1.54, 1.807) is 0 Å². The maximum atomic E-state index is 9.34. The maximum Gasteiger partial charge on any atom is 0.139 e. The number of ether oxygens (including phenoxy) is 1. The van der Waals surface area contributed by atoms with E-state index in [0.717, 1.165) is 29.7 Å². The second-order valence-electron chi connectivity index (χ2n) is 4.43. The Kier molecular flexibility index (Phi) is 3.22. The summed E-state index contributed by atoms with van der Waals surface area (Å²) in [5.74, 6) is 0. The van der Waals surface area contributed by atoms with Crippen molar-refractivity contribution in [3.8, 4) is 0 Å². The van der Waals surface area contributed by atoms with Crippen molar-refractivity contribution in [2.75, 3.05) is 26.4 Å². The van der Waals surface area contributed by atoms with Gasteiger partial charge in [0.25, 0.3) is 0 Å². The SMILES string of the molecule is OC[C@H]1COCCN1Cc1cccc2nonc12. The highest BCUT2D eigenvalue weighted by Gasteiger charge is 2.23. The van der Waals surface area contributed by atoms with E-state index in [-0.39, 0.29) is 12.6 Å². The van der Waals surface area contributed by atoms with E-state index in [1.165, 1.54) is 0 Å². The maximum absolute atomic E-state index is 9.34. The Balaban J connectivity index is 1.84. The molecule has 1 N–H and O–H groups in total. The molecule has 6 nitrogen and oxygen atoms in total. The average molecular weight is 249 g/mol. The first-order chi connectivity index (χ1) is 8.88. The molecule has 2 heterocycles. The molecule has 0 spiro atoms. The molecule has 1 aromatic carbocycles. The number of aliphatic hydroxyl groups is 1. The van der Waals surface area contributed by atoms with Gasteiger partial charge >= 0.3 is 0 Å². The van der Waals surface area contributed by atoms with Crippen molar-refractivity contribution < 1.29 is 14.5 Å². The average Bonchev–Trinajstić information content (AvgIpc) is 2.89. The lowest BCUT2D eigenvalue weighted by Crippen LogP contribution is -2.46. The molecule has 1 saturated heterocycles. The van der Waals surface area contributed by atoms with Crippen LogP contribution in [0.15, 0.2) is 22.8 Å². The van der Waals surface area contributed by atoms with Gasteiger partial charge in [-0.15, -0.1) is 0 Å².